The van der Waals surface area contributed by atoms with Gasteiger partial charge in [-0.25, -0.2) is 14.5 Å². The van der Waals surface area contributed by atoms with E-state index in [9.17, 15) is 19.2 Å². The number of methoxy groups -OCH3 is 5. The Bertz CT molecular complexity index is 1540. The van der Waals surface area contributed by atoms with Crippen molar-refractivity contribution in [1.29, 1.82) is 0 Å². The topological polar surface area (TPSA) is 139 Å². The fourth-order valence-electron chi connectivity index (χ4n) is 4.02. The third kappa shape index (κ3) is 5.76. The highest BCUT2D eigenvalue weighted by atomic mass is 16.6. The number of hydrogen-bond donors (Lipinski definition) is 1. The number of hydrogen-bond acceptors (Lipinski definition) is 10. The largest absolute Gasteiger partial charge is 0.497 e. The zero-order chi connectivity index (χ0) is 29.7. The van der Waals surface area contributed by atoms with Crippen molar-refractivity contribution in [3.8, 4) is 34.5 Å². The van der Waals surface area contributed by atoms with Gasteiger partial charge in [-0.05, 0) is 48.0 Å². The monoisotopic (exact) mass is 562 g/mol. The number of nitrogens with zero attached hydrogens (tertiary/aromatic N) is 1. The van der Waals surface area contributed by atoms with Gasteiger partial charge in [-0.1, -0.05) is 12.1 Å². The molecular formula is C29H26N2O10. The molecule has 1 aliphatic rings. The third-order valence-electron chi connectivity index (χ3n) is 6.01. The normalized spacial score (nSPS) is 13.9. The highest BCUT2D eigenvalue weighted by molar-refractivity contribution is 6.39. The van der Waals surface area contributed by atoms with Crippen molar-refractivity contribution in [2.24, 2.45) is 0 Å². The molecule has 1 saturated heterocycles. The van der Waals surface area contributed by atoms with Gasteiger partial charge in [0.2, 0.25) is 5.75 Å². The molecule has 212 valence electrons. The minimum atomic E-state index is -0.892. The summed E-state index contributed by atoms with van der Waals surface area (Å²) in [6.45, 7) is 0. The number of rotatable bonds is 9. The third-order valence-corrected chi connectivity index (χ3v) is 6.01. The first-order valence-electron chi connectivity index (χ1n) is 12.0. The number of barbiturate groups is 1. The summed E-state index contributed by atoms with van der Waals surface area (Å²) in [5, 5.41) is 2.17. The average Bonchev–Trinajstić information content (AvgIpc) is 2.98. The maximum Gasteiger partial charge on any atom is 0.343 e. The van der Waals surface area contributed by atoms with Crippen molar-refractivity contribution >= 4 is 35.6 Å². The Morgan fingerprint density at radius 3 is 2.05 bits per heavy atom. The van der Waals surface area contributed by atoms with Crippen LogP contribution < -0.4 is 38.6 Å². The molecule has 4 rings (SSSR count). The summed E-state index contributed by atoms with van der Waals surface area (Å²) in [7, 11) is 7.10. The molecular weight excluding hydrogens is 536 g/mol. The number of benzene rings is 3. The van der Waals surface area contributed by atoms with E-state index in [1.54, 1.807) is 12.1 Å². The molecule has 1 heterocycles. The molecule has 12 heteroatoms. The van der Waals surface area contributed by atoms with Crippen molar-refractivity contribution in [2.45, 2.75) is 0 Å². The maximum absolute atomic E-state index is 13.2. The van der Waals surface area contributed by atoms with Gasteiger partial charge in [0.25, 0.3) is 11.8 Å². The fraction of sp³-hybridized carbons (Fsp3) is 0.172. The minimum absolute atomic E-state index is 0.0704. The van der Waals surface area contributed by atoms with Crippen molar-refractivity contribution < 1.29 is 47.6 Å². The molecule has 0 aliphatic carbocycles. The molecule has 0 atom stereocenters. The van der Waals surface area contributed by atoms with Crippen LogP contribution in [-0.4, -0.2) is 59.4 Å². The van der Waals surface area contributed by atoms with Gasteiger partial charge in [0, 0.05) is 6.07 Å². The molecule has 3 aromatic carbocycles. The van der Waals surface area contributed by atoms with Crippen molar-refractivity contribution in [1.82, 2.24) is 5.32 Å². The van der Waals surface area contributed by atoms with E-state index in [1.807, 2.05) is 0 Å². The van der Waals surface area contributed by atoms with Gasteiger partial charge in [0.05, 0.1) is 46.8 Å². The molecule has 41 heavy (non-hydrogen) atoms. The number of carbonyl (C=O) groups excluding carboxylic acids is 4. The van der Waals surface area contributed by atoms with Gasteiger partial charge >= 0.3 is 12.0 Å². The first-order chi connectivity index (χ1) is 19.7. The Morgan fingerprint density at radius 2 is 1.44 bits per heavy atom. The number of esters is 1. The van der Waals surface area contributed by atoms with E-state index in [4.69, 9.17) is 28.4 Å². The quantitative estimate of drug-likeness (QED) is 0.178. The van der Waals surface area contributed by atoms with E-state index in [1.165, 1.54) is 84.1 Å². The lowest BCUT2D eigenvalue weighted by atomic mass is 10.1. The van der Waals surface area contributed by atoms with E-state index < -0.39 is 23.8 Å². The highest BCUT2D eigenvalue weighted by Gasteiger charge is 2.37. The Morgan fingerprint density at radius 1 is 0.756 bits per heavy atom. The molecule has 0 spiro atoms. The number of carbonyl (C=O) groups is 4. The maximum atomic E-state index is 13.2. The van der Waals surface area contributed by atoms with Crippen LogP contribution in [0.15, 0.2) is 60.2 Å². The second-order valence-corrected chi connectivity index (χ2v) is 8.37. The molecule has 0 radical (unpaired) electrons. The van der Waals surface area contributed by atoms with E-state index in [0.717, 1.165) is 4.90 Å². The number of imide groups is 2. The van der Waals surface area contributed by atoms with Crippen LogP contribution in [0.1, 0.15) is 15.9 Å². The van der Waals surface area contributed by atoms with Gasteiger partial charge in [-0.2, -0.15) is 0 Å². The second-order valence-electron chi connectivity index (χ2n) is 8.37. The lowest BCUT2D eigenvalue weighted by molar-refractivity contribution is -0.122. The Labute approximate surface area is 235 Å². The zero-order valence-electron chi connectivity index (χ0n) is 22.8. The van der Waals surface area contributed by atoms with Gasteiger partial charge in [-0.3, -0.25) is 14.9 Å². The number of ether oxygens (including phenoxy) is 6. The summed E-state index contributed by atoms with van der Waals surface area (Å²) in [5.74, 6) is -0.941. The second kappa shape index (κ2) is 12.1. The van der Waals surface area contributed by atoms with Crippen LogP contribution >= 0.6 is 0 Å². The van der Waals surface area contributed by atoms with E-state index in [0.29, 0.717) is 17.1 Å². The smallest absolute Gasteiger partial charge is 0.343 e. The van der Waals surface area contributed by atoms with Crippen LogP contribution in [-0.2, 0) is 9.59 Å². The molecule has 4 amide bonds. The number of amides is 4. The first kappa shape index (κ1) is 28.5. The Kier molecular flexibility index (Phi) is 8.42. The lowest BCUT2D eigenvalue weighted by Gasteiger charge is -2.26. The number of urea groups is 1. The average molecular weight is 563 g/mol. The van der Waals surface area contributed by atoms with Crippen LogP contribution in [0, 0.1) is 0 Å². The predicted molar refractivity (Wildman–Crippen MR) is 146 cm³/mol. The molecule has 1 fully saturated rings. The van der Waals surface area contributed by atoms with Crippen molar-refractivity contribution in [2.75, 3.05) is 40.4 Å². The lowest BCUT2D eigenvalue weighted by Crippen LogP contribution is -2.54. The summed E-state index contributed by atoms with van der Waals surface area (Å²) in [6, 6.07) is 12.7. The zero-order valence-corrected chi connectivity index (χ0v) is 22.8. The summed E-state index contributed by atoms with van der Waals surface area (Å²) < 4.78 is 32.0. The molecule has 12 nitrogen and oxygen atoms in total. The molecule has 3 aromatic rings. The van der Waals surface area contributed by atoms with Crippen LogP contribution in [0.25, 0.3) is 6.08 Å². The van der Waals surface area contributed by atoms with Gasteiger partial charge in [0.1, 0.15) is 11.3 Å². The van der Waals surface area contributed by atoms with E-state index >= 15 is 0 Å². The van der Waals surface area contributed by atoms with Gasteiger partial charge in [0.15, 0.2) is 23.0 Å². The SMILES string of the molecule is COc1cccc(N2C(=O)NC(=O)/C(=C\c3ccc(OC(=O)c4cc(OC)c(OC)c(OC)c4)c(OC)c3)C2=O)c1. The molecule has 0 aromatic heterocycles. The number of nitrogens with one attached hydrogen (secondary N) is 1. The highest BCUT2D eigenvalue weighted by Crippen LogP contribution is 2.39. The summed E-state index contributed by atoms with van der Waals surface area (Å²) >= 11 is 0. The number of anilines is 1. The van der Waals surface area contributed by atoms with Crippen LogP contribution in [0.2, 0.25) is 0 Å². The predicted octanol–water partition coefficient (Wildman–Crippen LogP) is 3.62. The molecule has 1 aliphatic heterocycles. The minimum Gasteiger partial charge on any atom is -0.497 e. The van der Waals surface area contributed by atoms with Crippen LogP contribution in [0.3, 0.4) is 0 Å². The summed E-state index contributed by atoms with van der Waals surface area (Å²) in [6.07, 6.45) is 1.30. The fourth-order valence-corrected chi connectivity index (χ4v) is 4.02. The summed E-state index contributed by atoms with van der Waals surface area (Å²) in [5.41, 5.74) is 0.418. The Balaban J connectivity index is 1.62. The summed E-state index contributed by atoms with van der Waals surface area (Å²) in [4.78, 5) is 52.1. The molecule has 0 unspecified atom stereocenters. The standard InChI is InChI=1S/C29H26N2O10/c1-36-19-8-6-7-18(15-19)31-27(33)20(26(32)30-29(31)35)11-16-9-10-21(22(12-16)37-2)41-28(34)17-13-23(38-3)25(40-5)24(14-17)39-4/h6-15H,1-5H3,(H,30,32,35)/b20-11+. The van der Waals surface area contributed by atoms with E-state index in [-0.39, 0.29) is 39.8 Å². The van der Waals surface area contributed by atoms with Crippen molar-refractivity contribution in [3.63, 3.8) is 0 Å². The molecule has 0 bridgehead atoms. The van der Waals surface area contributed by atoms with Crippen LogP contribution in [0.4, 0.5) is 10.5 Å². The van der Waals surface area contributed by atoms with Crippen molar-refractivity contribution in [3.05, 3.63) is 71.3 Å². The Hall–Kier alpha value is -5.52. The molecule has 1 N–H and O–H groups in total. The van der Waals surface area contributed by atoms with Crippen LogP contribution in [0.5, 0.6) is 34.5 Å². The van der Waals surface area contributed by atoms with E-state index in [2.05, 4.69) is 5.32 Å². The first-order valence-corrected chi connectivity index (χ1v) is 12.0. The van der Waals surface area contributed by atoms with Gasteiger partial charge < -0.3 is 28.4 Å². The van der Waals surface area contributed by atoms with Gasteiger partial charge in [-0.15, -0.1) is 0 Å². The molecule has 0 saturated carbocycles.